The van der Waals surface area contributed by atoms with Gasteiger partial charge in [0, 0.05) is 6.54 Å². The first-order valence-corrected chi connectivity index (χ1v) is 6.71. The van der Waals surface area contributed by atoms with Gasteiger partial charge in [-0.25, -0.2) is 4.79 Å². The molecule has 4 nitrogen and oxygen atoms in total. The van der Waals surface area contributed by atoms with Gasteiger partial charge >= 0.3 is 12.2 Å². The van der Waals surface area contributed by atoms with Gasteiger partial charge in [0.05, 0.1) is 16.2 Å². The zero-order valence-corrected chi connectivity index (χ0v) is 12.0. The van der Waals surface area contributed by atoms with E-state index in [1.54, 1.807) is 0 Å². The van der Waals surface area contributed by atoms with Crippen LogP contribution in [0.15, 0.2) is 24.3 Å². The normalized spacial score (nSPS) is 11.0. The Bertz CT molecular complexity index is 506. The summed E-state index contributed by atoms with van der Waals surface area (Å²) in [5.41, 5.74) is 4.17. The molecule has 0 aliphatic rings. The molecule has 21 heavy (non-hydrogen) atoms. The maximum atomic E-state index is 12.7. The van der Waals surface area contributed by atoms with Gasteiger partial charge in [0.1, 0.15) is 0 Å². The number of thiocarbonyl (C=S) groups is 1. The molecule has 0 aliphatic carbocycles. The predicted molar refractivity (Wildman–Crippen MR) is 79.1 cm³/mol. The number of carbonyl (C=O) groups excluding carboxylic acids is 1. The second kappa shape index (κ2) is 7.82. The molecule has 0 radical (unpaired) electrons. The molecular formula is C13H16F3N3OS. The highest BCUT2D eigenvalue weighted by Crippen LogP contribution is 2.34. The Hall–Kier alpha value is -1.83. The summed E-state index contributed by atoms with van der Waals surface area (Å²) < 4.78 is 38.2. The highest BCUT2D eigenvalue weighted by molar-refractivity contribution is 7.80. The number of hydrogen-bond acceptors (Lipinski definition) is 2. The molecule has 0 heterocycles. The Morgan fingerprint density at radius 3 is 2.52 bits per heavy atom. The second-order valence-electron chi connectivity index (χ2n) is 4.35. The van der Waals surface area contributed by atoms with E-state index in [1.165, 1.54) is 18.2 Å². The molecule has 0 spiro atoms. The Labute approximate surface area is 125 Å². The van der Waals surface area contributed by atoms with Crippen LogP contribution < -0.4 is 16.4 Å². The first-order valence-electron chi connectivity index (χ1n) is 6.30. The average molecular weight is 319 g/mol. The SMILES string of the molecule is NC(=S)CCCCNC(=O)Nc1ccccc1C(F)(F)F. The van der Waals surface area contributed by atoms with E-state index in [1.807, 2.05) is 0 Å². The summed E-state index contributed by atoms with van der Waals surface area (Å²) in [7, 11) is 0. The van der Waals surface area contributed by atoms with Crippen molar-refractivity contribution in [3.8, 4) is 0 Å². The molecule has 1 aromatic rings. The van der Waals surface area contributed by atoms with Gasteiger partial charge in [0.2, 0.25) is 0 Å². The highest BCUT2D eigenvalue weighted by atomic mass is 32.1. The van der Waals surface area contributed by atoms with Crippen molar-refractivity contribution < 1.29 is 18.0 Å². The van der Waals surface area contributed by atoms with Gasteiger partial charge in [-0.1, -0.05) is 24.4 Å². The molecule has 0 aliphatic heterocycles. The number of alkyl halides is 3. The summed E-state index contributed by atoms with van der Waals surface area (Å²) >= 11 is 4.70. The van der Waals surface area contributed by atoms with Gasteiger partial charge in [-0.15, -0.1) is 0 Å². The van der Waals surface area contributed by atoms with Crippen molar-refractivity contribution in [1.29, 1.82) is 0 Å². The lowest BCUT2D eigenvalue weighted by atomic mass is 10.1. The number of halogens is 3. The lowest BCUT2D eigenvalue weighted by Crippen LogP contribution is -2.30. The topological polar surface area (TPSA) is 67.1 Å². The summed E-state index contributed by atoms with van der Waals surface area (Å²) in [4.78, 5) is 12.0. The monoisotopic (exact) mass is 319 g/mol. The number of unbranched alkanes of at least 4 members (excludes halogenated alkanes) is 1. The summed E-state index contributed by atoms with van der Waals surface area (Å²) in [6.07, 6.45) is -2.57. The fraction of sp³-hybridized carbons (Fsp3) is 0.385. The number of amides is 2. The standard InChI is InChI=1S/C13H16F3N3OS/c14-13(15,16)9-5-1-2-6-10(9)19-12(20)18-8-4-3-7-11(17)21/h1-2,5-6H,3-4,7-8H2,(H2,17,21)(H2,18,19,20). The van der Waals surface area contributed by atoms with Gasteiger partial charge < -0.3 is 16.4 Å². The van der Waals surface area contributed by atoms with Crippen molar-refractivity contribution in [3.63, 3.8) is 0 Å². The summed E-state index contributed by atoms with van der Waals surface area (Å²) in [5.74, 6) is 0. The Kier molecular flexibility index (Phi) is 6.41. The van der Waals surface area contributed by atoms with Crippen molar-refractivity contribution in [2.24, 2.45) is 5.73 Å². The molecule has 1 rings (SSSR count). The molecule has 0 aromatic heterocycles. The lowest BCUT2D eigenvalue weighted by molar-refractivity contribution is -0.136. The van der Waals surface area contributed by atoms with Crippen molar-refractivity contribution in [2.45, 2.75) is 25.4 Å². The number of carbonyl (C=O) groups is 1. The van der Waals surface area contributed by atoms with E-state index in [0.29, 0.717) is 24.4 Å². The molecule has 0 bridgehead atoms. The van der Waals surface area contributed by atoms with E-state index in [4.69, 9.17) is 18.0 Å². The van der Waals surface area contributed by atoms with Crippen LogP contribution in [0.4, 0.5) is 23.7 Å². The quantitative estimate of drug-likeness (QED) is 0.557. The number of rotatable bonds is 6. The number of hydrogen-bond donors (Lipinski definition) is 3. The van der Waals surface area contributed by atoms with Crippen LogP contribution in [0.1, 0.15) is 24.8 Å². The molecule has 0 atom stereocenters. The fourth-order valence-electron chi connectivity index (χ4n) is 1.63. The summed E-state index contributed by atoms with van der Waals surface area (Å²) in [6.45, 7) is 0.336. The van der Waals surface area contributed by atoms with Crippen LogP contribution in [0.3, 0.4) is 0 Å². The molecule has 8 heteroatoms. The minimum absolute atomic E-state index is 0.273. The van der Waals surface area contributed by atoms with Crippen molar-refractivity contribution in [2.75, 3.05) is 11.9 Å². The van der Waals surface area contributed by atoms with E-state index in [2.05, 4.69) is 10.6 Å². The molecule has 0 saturated carbocycles. The number of nitrogens with two attached hydrogens (primary N) is 1. The Balaban J connectivity index is 2.47. The van der Waals surface area contributed by atoms with Crippen LogP contribution in [0.5, 0.6) is 0 Å². The second-order valence-corrected chi connectivity index (χ2v) is 4.87. The number of nitrogens with one attached hydrogen (secondary N) is 2. The number of para-hydroxylation sites is 1. The van der Waals surface area contributed by atoms with Crippen molar-refractivity contribution >= 4 is 28.9 Å². The van der Waals surface area contributed by atoms with Crippen LogP contribution in [-0.4, -0.2) is 17.6 Å². The number of benzene rings is 1. The van der Waals surface area contributed by atoms with E-state index >= 15 is 0 Å². The number of urea groups is 1. The largest absolute Gasteiger partial charge is 0.418 e. The van der Waals surface area contributed by atoms with E-state index in [9.17, 15) is 18.0 Å². The molecule has 4 N–H and O–H groups in total. The van der Waals surface area contributed by atoms with Crippen molar-refractivity contribution in [3.05, 3.63) is 29.8 Å². The maximum Gasteiger partial charge on any atom is 0.418 e. The first kappa shape index (κ1) is 17.2. The molecular weight excluding hydrogens is 303 g/mol. The lowest BCUT2D eigenvalue weighted by Gasteiger charge is -2.14. The van der Waals surface area contributed by atoms with E-state index < -0.39 is 17.8 Å². The third kappa shape index (κ3) is 6.44. The molecule has 1 aromatic carbocycles. The molecule has 2 amide bonds. The van der Waals surface area contributed by atoms with Crippen LogP contribution in [-0.2, 0) is 6.18 Å². The fourth-order valence-corrected chi connectivity index (χ4v) is 1.78. The minimum atomic E-state index is -4.51. The smallest absolute Gasteiger partial charge is 0.393 e. The molecule has 116 valence electrons. The number of anilines is 1. The zero-order chi connectivity index (χ0) is 15.9. The van der Waals surface area contributed by atoms with Crippen LogP contribution in [0.2, 0.25) is 0 Å². The van der Waals surface area contributed by atoms with Gasteiger partial charge in [0.25, 0.3) is 0 Å². The highest BCUT2D eigenvalue weighted by Gasteiger charge is 2.33. The van der Waals surface area contributed by atoms with Crippen LogP contribution in [0.25, 0.3) is 0 Å². The van der Waals surface area contributed by atoms with Gasteiger partial charge in [0.15, 0.2) is 0 Å². The van der Waals surface area contributed by atoms with Crippen LogP contribution in [0, 0.1) is 0 Å². The summed E-state index contributed by atoms with van der Waals surface area (Å²) in [6, 6.07) is 4.13. The third-order valence-corrected chi connectivity index (χ3v) is 2.82. The molecule has 0 saturated heterocycles. The van der Waals surface area contributed by atoms with Crippen molar-refractivity contribution in [1.82, 2.24) is 5.32 Å². The Morgan fingerprint density at radius 2 is 1.90 bits per heavy atom. The van der Waals surface area contributed by atoms with Crippen LogP contribution >= 0.6 is 12.2 Å². The third-order valence-electron chi connectivity index (χ3n) is 2.62. The molecule has 0 fully saturated rings. The predicted octanol–water partition coefficient (Wildman–Crippen LogP) is 3.28. The van der Waals surface area contributed by atoms with Gasteiger partial charge in [-0.05, 0) is 31.4 Å². The average Bonchev–Trinajstić information content (AvgIpc) is 2.37. The van der Waals surface area contributed by atoms with Gasteiger partial charge in [-0.3, -0.25) is 0 Å². The minimum Gasteiger partial charge on any atom is -0.393 e. The van der Waals surface area contributed by atoms with E-state index in [0.717, 1.165) is 12.5 Å². The molecule has 0 unspecified atom stereocenters. The van der Waals surface area contributed by atoms with Gasteiger partial charge in [-0.2, -0.15) is 13.2 Å². The summed E-state index contributed by atoms with van der Waals surface area (Å²) in [5, 5.41) is 4.68. The van der Waals surface area contributed by atoms with E-state index in [-0.39, 0.29) is 5.69 Å². The zero-order valence-electron chi connectivity index (χ0n) is 11.2. The first-order chi connectivity index (χ1) is 9.80. The maximum absolute atomic E-state index is 12.7. The Morgan fingerprint density at radius 1 is 1.24 bits per heavy atom.